The summed E-state index contributed by atoms with van der Waals surface area (Å²) in [5.74, 6) is 0. The SMILES string of the molecule is Cc1ncc(S(=O)(=O)Nc2nc(C(C)O)cs2)s1. The smallest absolute Gasteiger partial charge is 0.274 e. The number of hydrogen-bond acceptors (Lipinski definition) is 7. The first-order valence-electron chi connectivity index (χ1n) is 4.97. The maximum Gasteiger partial charge on any atom is 0.274 e. The van der Waals surface area contributed by atoms with Gasteiger partial charge in [0.05, 0.1) is 23.0 Å². The number of aromatic nitrogens is 2. The number of hydrogen-bond donors (Lipinski definition) is 2. The number of thiazole rings is 2. The zero-order valence-electron chi connectivity index (χ0n) is 9.61. The van der Waals surface area contributed by atoms with E-state index in [0.29, 0.717) is 10.7 Å². The fraction of sp³-hybridized carbons (Fsp3) is 0.333. The van der Waals surface area contributed by atoms with Gasteiger partial charge in [-0.25, -0.2) is 18.4 Å². The van der Waals surface area contributed by atoms with Crippen molar-refractivity contribution in [3.8, 4) is 0 Å². The molecule has 2 aromatic rings. The maximum atomic E-state index is 12.0. The third-order valence-electron chi connectivity index (χ3n) is 2.04. The van der Waals surface area contributed by atoms with Crippen LogP contribution in [0.2, 0.25) is 0 Å². The molecule has 18 heavy (non-hydrogen) atoms. The van der Waals surface area contributed by atoms with E-state index in [1.165, 1.54) is 6.20 Å². The minimum absolute atomic E-state index is 0.147. The Morgan fingerprint density at radius 3 is 2.72 bits per heavy atom. The van der Waals surface area contributed by atoms with E-state index in [1.807, 2.05) is 0 Å². The van der Waals surface area contributed by atoms with Gasteiger partial charge in [-0.15, -0.1) is 22.7 Å². The number of anilines is 1. The number of nitrogens with zero attached hydrogens (tertiary/aromatic N) is 2. The molecule has 2 rings (SSSR count). The molecule has 1 atom stereocenters. The largest absolute Gasteiger partial charge is 0.387 e. The van der Waals surface area contributed by atoms with Crippen LogP contribution < -0.4 is 4.72 Å². The summed E-state index contributed by atoms with van der Waals surface area (Å²) in [4.78, 5) is 7.89. The van der Waals surface area contributed by atoms with Crippen molar-refractivity contribution in [1.29, 1.82) is 0 Å². The Hall–Kier alpha value is -1.03. The van der Waals surface area contributed by atoms with Crippen LogP contribution in [-0.4, -0.2) is 23.5 Å². The third kappa shape index (κ3) is 2.86. The molecule has 2 heterocycles. The molecule has 1 unspecified atom stereocenters. The fourth-order valence-corrected chi connectivity index (χ4v) is 4.31. The Balaban J connectivity index is 2.22. The molecular formula is C9H11N3O3S3. The Bertz CT molecular complexity index is 645. The minimum Gasteiger partial charge on any atom is -0.387 e. The number of aryl methyl sites for hydroxylation is 1. The molecule has 0 aromatic carbocycles. The van der Waals surface area contributed by atoms with E-state index < -0.39 is 16.1 Å². The second-order valence-corrected chi connectivity index (χ2v) is 7.56. The van der Waals surface area contributed by atoms with E-state index in [4.69, 9.17) is 0 Å². The highest BCUT2D eigenvalue weighted by molar-refractivity contribution is 7.94. The van der Waals surface area contributed by atoms with Crippen molar-refractivity contribution in [3.05, 3.63) is 22.3 Å². The van der Waals surface area contributed by atoms with Crippen molar-refractivity contribution in [2.75, 3.05) is 4.72 Å². The Morgan fingerprint density at radius 2 is 2.22 bits per heavy atom. The molecule has 0 amide bonds. The van der Waals surface area contributed by atoms with Gasteiger partial charge in [-0.05, 0) is 13.8 Å². The van der Waals surface area contributed by atoms with Crippen LogP contribution in [0.4, 0.5) is 5.13 Å². The van der Waals surface area contributed by atoms with Crippen molar-refractivity contribution >= 4 is 37.8 Å². The molecule has 0 saturated heterocycles. The molecule has 0 aliphatic carbocycles. The number of nitrogens with one attached hydrogen (secondary N) is 1. The summed E-state index contributed by atoms with van der Waals surface area (Å²) >= 11 is 2.22. The highest BCUT2D eigenvalue weighted by Gasteiger charge is 2.19. The lowest BCUT2D eigenvalue weighted by molar-refractivity contribution is 0.195. The monoisotopic (exact) mass is 305 g/mol. The van der Waals surface area contributed by atoms with E-state index in [9.17, 15) is 13.5 Å². The average Bonchev–Trinajstić information content (AvgIpc) is 2.86. The Morgan fingerprint density at radius 1 is 1.50 bits per heavy atom. The fourth-order valence-electron chi connectivity index (χ4n) is 1.16. The topological polar surface area (TPSA) is 92.2 Å². The zero-order valence-corrected chi connectivity index (χ0v) is 12.1. The molecule has 9 heteroatoms. The Kier molecular flexibility index (Phi) is 3.66. The number of rotatable bonds is 4. The molecule has 0 bridgehead atoms. The lowest BCUT2D eigenvalue weighted by Crippen LogP contribution is -2.11. The van der Waals surface area contributed by atoms with E-state index >= 15 is 0 Å². The van der Waals surface area contributed by atoms with Crippen LogP contribution >= 0.6 is 22.7 Å². The van der Waals surface area contributed by atoms with Gasteiger partial charge in [-0.2, -0.15) is 0 Å². The van der Waals surface area contributed by atoms with Gasteiger partial charge in [0.2, 0.25) is 0 Å². The first-order valence-corrected chi connectivity index (χ1v) is 8.15. The van der Waals surface area contributed by atoms with Crippen LogP contribution in [0.3, 0.4) is 0 Å². The van der Waals surface area contributed by atoms with E-state index in [-0.39, 0.29) is 9.34 Å². The molecule has 0 aliphatic heterocycles. The summed E-state index contributed by atoms with van der Waals surface area (Å²) in [5.41, 5.74) is 0.443. The molecule has 0 radical (unpaired) electrons. The lowest BCUT2D eigenvalue weighted by Gasteiger charge is -2.01. The lowest BCUT2D eigenvalue weighted by atomic mass is 10.3. The maximum absolute atomic E-state index is 12.0. The van der Waals surface area contributed by atoms with Gasteiger partial charge in [0, 0.05) is 5.38 Å². The standard InChI is InChI=1S/C9H11N3O3S3/c1-5(13)7-4-16-9(11-7)12-18(14,15)8-3-10-6(2)17-8/h3-5,13H,1-2H3,(H,11,12). The van der Waals surface area contributed by atoms with Crippen LogP contribution in [0.1, 0.15) is 23.7 Å². The van der Waals surface area contributed by atoms with Crippen molar-refractivity contribution in [1.82, 2.24) is 9.97 Å². The molecular weight excluding hydrogens is 294 g/mol. The van der Waals surface area contributed by atoms with Gasteiger partial charge in [0.15, 0.2) is 9.34 Å². The third-order valence-corrected chi connectivity index (χ3v) is 5.65. The number of aliphatic hydroxyl groups is 1. The number of aliphatic hydroxyl groups excluding tert-OH is 1. The van der Waals surface area contributed by atoms with Gasteiger partial charge < -0.3 is 5.11 Å². The molecule has 0 fully saturated rings. The highest BCUT2D eigenvalue weighted by atomic mass is 32.2. The normalized spacial score (nSPS) is 13.5. The molecule has 2 N–H and O–H groups in total. The summed E-state index contributed by atoms with van der Waals surface area (Å²) in [6, 6.07) is 0. The van der Waals surface area contributed by atoms with Crippen molar-refractivity contribution in [3.63, 3.8) is 0 Å². The van der Waals surface area contributed by atoms with Gasteiger partial charge in [-0.1, -0.05) is 0 Å². The minimum atomic E-state index is -3.63. The van der Waals surface area contributed by atoms with Crippen molar-refractivity contribution in [2.24, 2.45) is 0 Å². The molecule has 98 valence electrons. The molecule has 2 aromatic heterocycles. The molecule has 0 spiro atoms. The second kappa shape index (κ2) is 4.92. The number of sulfonamides is 1. The predicted octanol–water partition coefficient (Wildman–Crippen LogP) is 1.76. The van der Waals surface area contributed by atoms with Crippen LogP contribution in [0.5, 0.6) is 0 Å². The summed E-state index contributed by atoms with van der Waals surface area (Å²) in [5, 5.41) is 11.8. The van der Waals surface area contributed by atoms with Gasteiger partial charge in [0.1, 0.15) is 0 Å². The van der Waals surface area contributed by atoms with Crippen LogP contribution in [0.25, 0.3) is 0 Å². The van der Waals surface area contributed by atoms with Crippen LogP contribution in [0, 0.1) is 6.92 Å². The first-order chi connectivity index (χ1) is 8.38. The van der Waals surface area contributed by atoms with Crippen LogP contribution in [0.15, 0.2) is 15.8 Å². The summed E-state index contributed by atoms with van der Waals surface area (Å²) < 4.78 is 26.4. The predicted molar refractivity (Wildman–Crippen MR) is 70.4 cm³/mol. The van der Waals surface area contributed by atoms with Gasteiger partial charge in [0.25, 0.3) is 10.0 Å². The van der Waals surface area contributed by atoms with E-state index in [0.717, 1.165) is 22.7 Å². The quantitative estimate of drug-likeness (QED) is 0.898. The first kappa shape index (κ1) is 13.4. The molecule has 0 saturated carbocycles. The summed E-state index contributed by atoms with van der Waals surface area (Å²) in [7, 11) is -3.63. The Labute approximate surface area is 112 Å². The molecule has 6 nitrogen and oxygen atoms in total. The van der Waals surface area contributed by atoms with Crippen molar-refractivity contribution < 1.29 is 13.5 Å². The van der Waals surface area contributed by atoms with E-state index in [1.54, 1.807) is 19.2 Å². The van der Waals surface area contributed by atoms with Gasteiger partial charge >= 0.3 is 0 Å². The zero-order chi connectivity index (χ0) is 13.3. The molecule has 0 aliphatic rings. The average molecular weight is 305 g/mol. The van der Waals surface area contributed by atoms with Crippen molar-refractivity contribution in [2.45, 2.75) is 24.2 Å². The van der Waals surface area contributed by atoms with Crippen LogP contribution in [-0.2, 0) is 10.0 Å². The van der Waals surface area contributed by atoms with E-state index in [2.05, 4.69) is 14.7 Å². The highest BCUT2D eigenvalue weighted by Crippen LogP contribution is 2.25. The summed E-state index contributed by atoms with van der Waals surface area (Å²) in [6.45, 7) is 3.30. The second-order valence-electron chi connectivity index (χ2n) is 3.56. The van der Waals surface area contributed by atoms with Gasteiger partial charge in [-0.3, -0.25) is 4.72 Å². The summed E-state index contributed by atoms with van der Waals surface area (Å²) in [6.07, 6.45) is 0.594.